The molecule has 0 saturated heterocycles. The van der Waals surface area contributed by atoms with Gasteiger partial charge < -0.3 is 10.1 Å². The minimum atomic E-state index is -0.159. The maximum Gasteiger partial charge on any atom is 0.255 e. The molecule has 1 amide bonds. The van der Waals surface area contributed by atoms with Crippen LogP contribution in [0.15, 0.2) is 61.2 Å². The number of hydrogen-bond acceptors (Lipinski definition) is 4. The SMILES string of the molecule is O=C(Nc1cccc(OC2CCCC2)c1)c1ccc(-n2cncn2)cc1. The second-order valence-corrected chi connectivity index (χ2v) is 6.39. The third-order valence-electron chi connectivity index (χ3n) is 4.51. The van der Waals surface area contributed by atoms with Crippen molar-refractivity contribution in [3.8, 4) is 11.4 Å². The van der Waals surface area contributed by atoms with Crippen LogP contribution in [0.25, 0.3) is 5.69 Å². The van der Waals surface area contributed by atoms with Crippen molar-refractivity contribution in [2.45, 2.75) is 31.8 Å². The van der Waals surface area contributed by atoms with E-state index in [2.05, 4.69) is 15.4 Å². The van der Waals surface area contributed by atoms with E-state index >= 15 is 0 Å². The lowest BCUT2D eigenvalue weighted by atomic mass is 10.2. The first-order valence-electron chi connectivity index (χ1n) is 8.81. The van der Waals surface area contributed by atoms with Crippen molar-refractivity contribution >= 4 is 11.6 Å². The van der Waals surface area contributed by atoms with Crippen molar-refractivity contribution in [2.75, 3.05) is 5.32 Å². The summed E-state index contributed by atoms with van der Waals surface area (Å²) in [7, 11) is 0. The molecule has 0 radical (unpaired) electrons. The number of anilines is 1. The molecule has 1 heterocycles. The lowest BCUT2D eigenvalue weighted by Gasteiger charge is -2.14. The Morgan fingerprint density at radius 3 is 2.65 bits per heavy atom. The molecule has 4 rings (SSSR count). The average Bonchev–Trinajstić information content (AvgIpc) is 3.36. The van der Waals surface area contributed by atoms with Crippen LogP contribution in [0.3, 0.4) is 0 Å². The van der Waals surface area contributed by atoms with Crippen LogP contribution < -0.4 is 10.1 Å². The van der Waals surface area contributed by atoms with Gasteiger partial charge in [0.2, 0.25) is 0 Å². The van der Waals surface area contributed by atoms with Gasteiger partial charge in [0.15, 0.2) is 0 Å². The molecule has 6 nitrogen and oxygen atoms in total. The lowest BCUT2D eigenvalue weighted by Crippen LogP contribution is -2.13. The molecule has 0 unspecified atom stereocenters. The number of nitrogens with zero attached hydrogens (tertiary/aromatic N) is 3. The summed E-state index contributed by atoms with van der Waals surface area (Å²) >= 11 is 0. The maximum atomic E-state index is 12.5. The summed E-state index contributed by atoms with van der Waals surface area (Å²) in [6.45, 7) is 0. The standard InChI is InChI=1S/C20H20N4O2/c25-20(15-8-10-17(11-9-15)24-14-21-13-22-24)23-16-4-3-7-19(12-16)26-18-5-1-2-6-18/h3-4,7-14,18H,1-2,5-6H2,(H,23,25). The summed E-state index contributed by atoms with van der Waals surface area (Å²) in [6, 6.07) is 14.8. The zero-order chi connectivity index (χ0) is 17.8. The Morgan fingerprint density at radius 2 is 1.92 bits per heavy atom. The molecule has 6 heteroatoms. The van der Waals surface area contributed by atoms with Crippen LogP contribution in [-0.4, -0.2) is 26.8 Å². The summed E-state index contributed by atoms with van der Waals surface area (Å²) in [5, 5.41) is 7.00. The van der Waals surface area contributed by atoms with Crippen molar-refractivity contribution in [3.05, 3.63) is 66.7 Å². The van der Waals surface area contributed by atoms with Gasteiger partial charge in [-0.1, -0.05) is 6.07 Å². The topological polar surface area (TPSA) is 69.0 Å². The van der Waals surface area contributed by atoms with E-state index < -0.39 is 0 Å². The van der Waals surface area contributed by atoms with E-state index in [0.29, 0.717) is 11.7 Å². The van der Waals surface area contributed by atoms with Crippen molar-refractivity contribution in [3.63, 3.8) is 0 Å². The Labute approximate surface area is 151 Å². The number of nitrogens with one attached hydrogen (secondary N) is 1. The first-order chi connectivity index (χ1) is 12.8. The molecule has 1 aliphatic carbocycles. The van der Waals surface area contributed by atoms with Crippen LogP contribution in [0, 0.1) is 0 Å². The van der Waals surface area contributed by atoms with Crippen molar-refractivity contribution < 1.29 is 9.53 Å². The summed E-state index contributed by atoms with van der Waals surface area (Å²) < 4.78 is 7.64. The van der Waals surface area contributed by atoms with Crippen LogP contribution in [0.4, 0.5) is 5.69 Å². The van der Waals surface area contributed by atoms with Gasteiger partial charge in [0, 0.05) is 17.3 Å². The Bertz CT molecular complexity index is 869. The highest BCUT2D eigenvalue weighted by Gasteiger charge is 2.16. The number of rotatable bonds is 5. The minimum absolute atomic E-state index is 0.159. The predicted octanol–water partition coefficient (Wildman–Crippen LogP) is 3.84. The third-order valence-corrected chi connectivity index (χ3v) is 4.51. The van der Waals surface area contributed by atoms with Gasteiger partial charge in [-0.2, -0.15) is 5.10 Å². The molecule has 1 N–H and O–H groups in total. The highest BCUT2D eigenvalue weighted by Crippen LogP contribution is 2.26. The van der Waals surface area contributed by atoms with Gasteiger partial charge in [-0.15, -0.1) is 0 Å². The second-order valence-electron chi connectivity index (χ2n) is 6.39. The number of ether oxygens (including phenoxy) is 1. The molecular formula is C20H20N4O2. The van der Waals surface area contributed by atoms with Gasteiger partial charge in [-0.3, -0.25) is 4.79 Å². The first kappa shape index (κ1) is 16.3. The van der Waals surface area contributed by atoms with E-state index in [1.54, 1.807) is 23.1 Å². The summed E-state index contributed by atoms with van der Waals surface area (Å²) in [5.74, 6) is 0.643. The fraction of sp³-hybridized carbons (Fsp3) is 0.250. The van der Waals surface area contributed by atoms with Crippen molar-refractivity contribution in [2.24, 2.45) is 0 Å². The van der Waals surface area contributed by atoms with Gasteiger partial charge >= 0.3 is 0 Å². The van der Waals surface area contributed by atoms with E-state index in [0.717, 1.165) is 30.0 Å². The molecule has 0 bridgehead atoms. The molecule has 1 aromatic heterocycles. The van der Waals surface area contributed by atoms with Crippen LogP contribution in [0.5, 0.6) is 5.75 Å². The van der Waals surface area contributed by atoms with E-state index in [9.17, 15) is 4.79 Å². The predicted molar refractivity (Wildman–Crippen MR) is 98.6 cm³/mol. The largest absolute Gasteiger partial charge is 0.490 e. The smallest absolute Gasteiger partial charge is 0.255 e. The van der Waals surface area contributed by atoms with Crippen LogP contribution in [-0.2, 0) is 0 Å². The first-order valence-corrected chi connectivity index (χ1v) is 8.81. The number of amides is 1. The minimum Gasteiger partial charge on any atom is -0.490 e. The molecule has 2 aromatic carbocycles. The molecule has 3 aromatic rings. The zero-order valence-electron chi connectivity index (χ0n) is 14.3. The van der Waals surface area contributed by atoms with Crippen LogP contribution in [0.2, 0.25) is 0 Å². The number of benzene rings is 2. The second kappa shape index (κ2) is 7.39. The van der Waals surface area contributed by atoms with Gasteiger partial charge in [0.05, 0.1) is 11.8 Å². The normalized spacial score (nSPS) is 14.3. The molecule has 1 fully saturated rings. The summed E-state index contributed by atoms with van der Waals surface area (Å²) in [6.07, 6.45) is 8.05. The molecule has 26 heavy (non-hydrogen) atoms. The zero-order valence-corrected chi connectivity index (χ0v) is 14.3. The summed E-state index contributed by atoms with van der Waals surface area (Å²) in [5.41, 5.74) is 2.16. The molecule has 1 aliphatic rings. The van der Waals surface area contributed by atoms with Gasteiger partial charge in [0.25, 0.3) is 5.91 Å². The monoisotopic (exact) mass is 348 g/mol. The highest BCUT2D eigenvalue weighted by atomic mass is 16.5. The van der Waals surface area contributed by atoms with E-state index in [1.807, 2.05) is 36.4 Å². The number of hydrogen-bond donors (Lipinski definition) is 1. The fourth-order valence-corrected chi connectivity index (χ4v) is 3.16. The molecule has 0 spiro atoms. The molecule has 0 aliphatic heterocycles. The molecule has 0 atom stereocenters. The van der Waals surface area contributed by atoms with Crippen molar-refractivity contribution in [1.82, 2.24) is 14.8 Å². The maximum absolute atomic E-state index is 12.5. The lowest BCUT2D eigenvalue weighted by molar-refractivity contribution is 0.102. The van der Waals surface area contributed by atoms with Gasteiger partial charge in [-0.25, -0.2) is 9.67 Å². The van der Waals surface area contributed by atoms with E-state index in [-0.39, 0.29) is 5.91 Å². The van der Waals surface area contributed by atoms with Crippen molar-refractivity contribution in [1.29, 1.82) is 0 Å². The Balaban J connectivity index is 1.42. The Hall–Kier alpha value is -3.15. The molecule has 132 valence electrons. The Kier molecular flexibility index (Phi) is 4.64. The number of aromatic nitrogens is 3. The van der Waals surface area contributed by atoms with Gasteiger partial charge in [-0.05, 0) is 62.1 Å². The van der Waals surface area contributed by atoms with Crippen LogP contribution >= 0.6 is 0 Å². The molecule has 1 saturated carbocycles. The molecular weight excluding hydrogens is 328 g/mol. The van der Waals surface area contributed by atoms with E-state index in [1.165, 1.54) is 19.2 Å². The Morgan fingerprint density at radius 1 is 1.12 bits per heavy atom. The van der Waals surface area contributed by atoms with E-state index in [4.69, 9.17) is 4.74 Å². The number of carbonyl (C=O) groups excluding carboxylic acids is 1. The highest BCUT2D eigenvalue weighted by molar-refractivity contribution is 6.04. The third kappa shape index (κ3) is 3.74. The average molecular weight is 348 g/mol. The van der Waals surface area contributed by atoms with Gasteiger partial charge in [0.1, 0.15) is 18.4 Å². The fourth-order valence-electron chi connectivity index (χ4n) is 3.16. The summed E-state index contributed by atoms with van der Waals surface area (Å²) in [4.78, 5) is 16.4. The van der Waals surface area contributed by atoms with Crippen LogP contribution in [0.1, 0.15) is 36.0 Å². The quantitative estimate of drug-likeness (QED) is 0.760. The number of carbonyl (C=O) groups is 1.